The second kappa shape index (κ2) is 4.96. The lowest BCUT2D eigenvalue weighted by Gasteiger charge is -2.19. The van der Waals surface area contributed by atoms with Gasteiger partial charge in [0.2, 0.25) is 0 Å². The highest BCUT2D eigenvalue weighted by atomic mass is 35.5. The fourth-order valence-electron chi connectivity index (χ4n) is 1.25. The van der Waals surface area contributed by atoms with Gasteiger partial charge in [-0.05, 0) is 13.0 Å². The Kier molecular flexibility index (Phi) is 3.89. The van der Waals surface area contributed by atoms with Crippen LogP contribution in [0.3, 0.4) is 0 Å². The highest BCUT2D eigenvalue weighted by molar-refractivity contribution is 6.33. The molecule has 1 heterocycles. The molecule has 15 heavy (non-hydrogen) atoms. The molecule has 0 saturated heterocycles. The van der Waals surface area contributed by atoms with Gasteiger partial charge in [0.1, 0.15) is 11.9 Å². The minimum atomic E-state index is 0.480. The Balaban J connectivity index is 3.11. The summed E-state index contributed by atoms with van der Waals surface area (Å²) in [5.41, 5.74) is 6.63. The lowest BCUT2D eigenvalue weighted by Crippen LogP contribution is -2.26. The SMILES string of the molecule is Cc1nc(N(C)CCN)c(Cl)cc1C#N. The molecule has 0 spiro atoms. The van der Waals surface area contributed by atoms with E-state index in [0.29, 0.717) is 35.2 Å². The van der Waals surface area contributed by atoms with Crippen molar-refractivity contribution in [3.05, 3.63) is 22.3 Å². The second-order valence-electron chi connectivity index (χ2n) is 3.25. The van der Waals surface area contributed by atoms with E-state index in [1.54, 1.807) is 13.0 Å². The van der Waals surface area contributed by atoms with E-state index >= 15 is 0 Å². The van der Waals surface area contributed by atoms with Crippen molar-refractivity contribution in [1.29, 1.82) is 5.26 Å². The largest absolute Gasteiger partial charge is 0.357 e. The number of nitrogens with two attached hydrogens (primary N) is 1. The van der Waals surface area contributed by atoms with Crippen molar-refractivity contribution in [2.24, 2.45) is 5.73 Å². The summed E-state index contributed by atoms with van der Waals surface area (Å²) in [6.07, 6.45) is 0. The van der Waals surface area contributed by atoms with Gasteiger partial charge < -0.3 is 10.6 Å². The number of rotatable bonds is 3. The molecule has 0 radical (unpaired) electrons. The van der Waals surface area contributed by atoms with E-state index in [9.17, 15) is 0 Å². The lowest BCUT2D eigenvalue weighted by atomic mass is 10.2. The summed E-state index contributed by atoms with van der Waals surface area (Å²) in [5, 5.41) is 9.27. The number of anilines is 1. The summed E-state index contributed by atoms with van der Waals surface area (Å²) >= 11 is 6.01. The molecule has 1 aromatic heterocycles. The van der Waals surface area contributed by atoms with Gasteiger partial charge >= 0.3 is 0 Å². The quantitative estimate of drug-likeness (QED) is 0.841. The molecule has 0 aliphatic heterocycles. The zero-order chi connectivity index (χ0) is 11.4. The Morgan fingerprint density at radius 1 is 1.67 bits per heavy atom. The van der Waals surface area contributed by atoms with Gasteiger partial charge in [0.05, 0.1) is 16.3 Å². The zero-order valence-corrected chi connectivity index (χ0v) is 9.54. The number of pyridine rings is 1. The average molecular weight is 225 g/mol. The molecule has 5 heteroatoms. The molecule has 0 aromatic carbocycles. The molecule has 1 aromatic rings. The van der Waals surface area contributed by atoms with Crippen molar-refractivity contribution < 1.29 is 0 Å². The molecule has 2 N–H and O–H groups in total. The number of aromatic nitrogens is 1. The monoisotopic (exact) mass is 224 g/mol. The first kappa shape index (κ1) is 11.8. The molecule has 4 nitrogen and oxygen atoms in total. The topological polar surface area (TPSA) is 65.9 Å². The smallest absolute Gasteiger partial charge is 0.147 e. The molecule has 0 atom stereocenters. The Hall–Kier alpha value is -1.31. The van der Waals surface area contributed by atoms with Crippen molar-refractivity contribution in [2.75, 3.05) is 25.0 Å². The van der Waals surface area contributed by atoms with Gasteiger partial charge in [-0.15, -0.1) is 0 Å². The van der Waals surface area contributed by atoms with Crippen LogP contribution < -0.4 is 10.6 Å². The summed E-state index contributed by atoms with van der Waals surface area (Å²) in [4.78, 5) is 6.15. The third kappa shape index (κ3) is 2.58. The number of halogens is 1. The molecule has 0 saturated carbocycles. The summed E-state index contributed by atoms with van der Waals surface area (Å²) in [6, 6.07) is 3.68. The molecule has 0 bridgehead atoms. The highest BCUT2D eigenvalue weighted by Gasteiger charge is 2.10. The van der Waals surface area contributed by atoms with Crippen molar-refractivity contribution in [1.82, 2.24) is 4.98 Å². The van der Waals surface area contributed by atoms with Crippen LogP contribution in [0.4, 0.5) is 5.82 Å². The molecule has 0 aliphatic rings. The van der Waals surface area contributed by atoms with E-state index in [4.69, 9.17) is 22.6 Å². The maximum absolute atomic E-state index is 8.79. The minimum Gasteiger partial charge on any atom is -0.357 e. The van der Waals surface area contributed by atoms with Gasteiger partial charge in [-0.2, -0.15) is 5.26 Å². The van der Waals surface area contributed by atoms with E-state index in [1.165, 1.54) is 0 Å². The van der Waals surface area contributed by atoms with Gasteiger partial charge in [-0.25, -0.2) is 4.98 Å². The molecule has 0 aliphatic carbocycles. The molecule has 0 amide bonds. The van der Waals surface area contributed by atoms with Crippen molar-refractivity contribution in [3.8, 4) is 6.07 Å². The zero-order valence-electron chi connectivity index (χ0n) is 8.79. The number of hydrogen-bond acceptors (Lipinski definition) is 4. The summed E-state index contributed by atoms with van der Waals surface area (Å²) in [6.45, 7) is 3.00. The molecular formula is C10H13ClN4. The van der Waals surface area contributed by atoms with Crippen LogP contribution in [-0.2, 0) is 0 Å². The lowest BCUT2D eigenvalue weighted by molar-refractivity contribution is 0.864. The fraction of sp³-hybridized carbons (Fsp3) is 0.400. The van der Waals surface area contributed by atoms with Crippen molar-refractivity contribution in [3.63, 3.8) is 0 Å². The maximum Gasteiger partial charge on any atom is 0.147 e. The van der Waals surface area contributed by atoms with Crippen LogP contribution in [0.15, 0.2) is 6.07 Å². The van der Waals surface area contributed by atoms with Crippen molar-refractivity contribution >= 4 is 17.4 Å². The van der Waals surface area contributed by atoms with Crippen LogP contribution in [0.2, 0.25) is 5.02 Å². The summed E-state index contributed by atoms with van der Waals surface area (Å²) < 4.78 is 0. The van der Waals surface area contributed by atoms with Crippen LogP contribution in [0.25, 0.3) is 0 Å². The third-order valence-corrected chi connectivity index (χ3v) is 2.37. The molecule has 1 rings (SSSR count). The van der Waals surface area contributed by atoms with Gasteiger partial charge in [0.25, 0.3) is 0 Å². The minimum absolute atomic E-state index is 0.480. The Labute approximate surface area is 94.3 Å². The van der Waals surface area contributed by atoms with Crippen LogP contribution in [0.5, 0.6) is 0 Å². The van der Waals surface area contributed by atoms with Crippen molar-refractivity contribution in [2.45, 2.75) is 6.92 Å². The second-order valence-corrected chi connectivity index (χ2v) is 3.66. The normalized spacial score (nSPS) is 9.80. The number of likely N-dealkylation sites (N-methyl/N-ethyl adjacent to an activating group) is 1. The van der Waals surface area contributed by atoms with Crippen LogP contribution in [0.1, 0.15) is 11.3 Å². The first-order valence-electron chi connectivity index (χ1n) is 4.58. The Bertz CT molecular complexity index is 397. The standard InChI is InChI=1S/C10H13ClN4/c1-7-8(6-13)5-9(11)10(14-7)15(2)4-3-12/h5H,3-4,12H2,1-2H3. The van der Waals surface area contributed by atoms with Crippen LogP contribution >= 0.6 is 11.6 Å². The van der Waals surface area contributed by atoms with E-state index in [0.717, 1.165) is 0 Å². The first-order valence-corrected chi connectivity index (χ1v) is 4.96. The van der Waals surface area contributed by atoms with Gasteiger partial charge in [-0.1, -0.05) is 11.6 Å². The maximum atomic E-state index is 8.79. The summed E-state index contributed by atoms with van der Waals surface area (Å²) in [5.74, 6) is 0.665. The summed E-state index contributed by atoms with van der Waals surface area (Å²) in [7, 11) is 1.87. The van der Waals surface area contributed by atoms with E-state index in [-0.39, 0.29) is 0 Å². The third-order valence-electron chi connectivity index (χ3n) is 2.09. The first-order chi connectivity index (χ1) is 7.10. The Morgan fingerprint density at radius 2 is 2.33 bits per heavy atom. The van der Waals surface area contributed by atoms with E-state index in [2.05, 4.69) is 4.98 Å². The van der Waals surface area contributed by atoms with E-state index in [1.807, 2.05) is 18.0 Å². The van der Waals surface area contributed by atoms with E-state index < -0.39 is 0 Å². The Morgan fingerprint density at radius 3 is 2.87 bits per heavy atom. The van der Waals surface area contributed by atoms with Crippen LogP contribution in [0, 0.1) is 18.3 Å². The predicted octanol–water partition coefficient (Wildman–Crippen LogP) is 1.31. The number of nitriles is 1. The average Bonchev–Trinajstić information content (AvgIpc) is 2.21. The predicted molar refractivity (Wildman–Crippen MR) is 61.0 cm³/mol. The molecule has 80 valence electrons. The van der Waals surface area contributed by atoms with Gasteiger partial charge in [0, 0.05) is 20.1 Å². The van der Waals surface area contributed by atoms with Crippen LogP contribution in [-0.4, -0.2) is 25.1 Å². The fourth-order valence-corrected chi connectivity index (χ4v) is 1.54. The van der Waals surface area contributed by atoms with Gasteiger partial charge in [0.15, 0.2) is 0 Å². The van der Waals surface area contributed by atoms with Gasteiger partial charge in [-0.3, -0.25) is 0 Å². The molecule has 0 fully saturated rings. The number of aryl methyl sites for hydroxylation is 1. The number of nitrogens with zero attached hydrogens (tertiary/aromatic N) is 3. The number of hydrogen-bond donors (Lipinski definition) is 1. The highest BCUT2D eigenvalue weighted by Crippen LogP contribution is 2.24. The molecular weight excluding hydrogens is 212 g/mol. The molecule has 0 unspecified atom stereocenters.